The van der Waals surface area contributed by atoms with Gasteiger partial charge < -0.3 is 14.5 Å². The second-order valence-corrected chi connectivity index (χ2v) is 18.2. The molecule has 50 heavy (non-hydrogen) atoms. The second-order valence-electron chi connectivity index (χ2n) is 13.8. The van der Waals surface area contributed by atoms with E-state index < -0.39 is 26.1 Å². The van der Waals surface area contributed by atoms with Gasteiger partial charge in [-0.2, -0.15) is 13.0 Å². The molecular formula is C36H59FN5O5PS2. The van der Waals surface area contributed by atoms with Crippen LogP contribution < -0.4 is 4.74 Å². The number of benzene rings is 1. The number of alkyl halides is 1. The molecule has 2 unspecified atom stereocenters. The largest absolute Gasteiger partial charge is 0.457 e. The highest BCUT2D eigenvalue weighted by atomic mass is 32.2. The van der Waals surface area contributed by atoms with Crippen LogP contribution in [0.3, 0.4) is 0 Å². The van der Waals surface area contributed by atoms with Crippen LogP contribution in [0.4, 0.5) is 4.39 Å². The summed E-state index contributed by atoms with van der Waals surface area (Å²) in [7, 11) is -4.99. The number of pyridine rings is 1. The lowest BCUT2D eigenvalue weighted by molar-refractivity contribution is 0.101. The van der Waals surface area contributed by atoms with E-state index in [1.54, 1.807) is 26.9 Å². The summed E-state index contributed by atoms with van der Waals surface area (Å²) in [5, 5.41) is 0. The third-order valence-corrected chi connectivity index (χ3v) is 14.4. The van der Waals surface area contributed by atoms with Gasteiger partial charge in [0.1, 0.15) is 10.6 Å². The zero-order valence-electron chi connectivity index (χ0n) is 30.4. The molecule has 2 aromatic rings. The summed E-state index contributed by atoms with van der Waals surface area (Å²) >= 11 is 0. The maximum atomic E-state index is 12.8. The highest BCUT2D eigenvalue weighted by Gasteiger charge is 2.34. The fraction of sp³-hybridized carbons (Fsp3) is 0.694. The Balaban J connectivity index is 0.000000217. The summed E-state index contributed by atoms with van der Waals surface area (Å²) < 4.78 is 71.8. The zero-order chi connectivity index (χ0) is 36.3. The summed E-state index contributed by atoms with van der Waals surface area (Å²) in [6.45, 7) is 15.6. The first-order chi connectivity index (χ1) is 23.9. The van der Waals surface area contributed by atoms with Crippen LogP contribution in [0, 0.1) is 11.8 Å². The van der Waals surface area contributed by atoms with Crippen molar-refractivity contribution in [2.24, 2.45) is 11.8 Å². The van der Waals surface area contributed by atoms with Gasteiger partial charge in [0.25, 0.3) is 0 Å². The Morgan fingerprint density at radius 1 is 0.680 bits per heavy atom. The number of ether oxygens (including phenoxy) is 1. The van der Waals surface area contributed by atoms with E-state index in [0.29, 0.717) is 48.9 Å². The predicted molar refractivity (Wildman–Crippen MR) is 201 cm³/mol. The lowest BCUT2D eigenvalue weighted by Crippen LogP contribution is -2.48. The van der Waals surface area contributed by atoms with Crippen LogP contribution in [0.15, 0.2) is 58.6 Å². The van der Waals surface area contributed by atoms with Gasteiger partial charge in [-0.3, -0.25) is 4.98 Å². The second kappa shape index (κ2) is 19.4. The van der Waals surface area contributed by atoms with Crippen molar-refractivity contribution < 1.29 is 26.0 Å². The number of likely N-dealkylation sites (tertiary alicyclic amines) is 2. The Labute approximate surface area is 303 Å². The Morgan fingerprint density at radius 2 is 1.10 bits per heavy atom. The standard InChI is InChI=1S/C18H28FN2O3PS.C16H25N3O2S.C2H6/c1-14-6-10-20(11-7-14)15-8-12-21(13-9-15)26(22,23)17-4-2-16(3-5-17)24-18(19)25;1-14-4-9-18(10-5-14)15-6-11-19(12-7-15)22(20,21)16-3-2-8-17-13-16;1-2/h2-5,14-15,18H,6-13,25H2,1H3;2-3,8,13-15H,4-7,9-12H2,1H3;1-2H3. The van der Waals surface area contributed by atoms with Gasteiger partial charge in [0.15, 0.2) is 0 Å². The van der Waals surface area contributed by atoms with Crippen molar-refractivity contribution in [2.75, 3.05) is 52.4 Å². The van der Waals surface area contributed by atoms with E-state index >= 15 is 0 Å². The highest BCUT2D eigenvalue weighted by Crippen LogP contribution is 2.29. The van der Waals surface area contributed by atoms with Crippen molar-refractivity contribution in [2.45, 2.75) is 107 Å². The molecule has 0 saturated carbocycles. The van der Waals surface area contributed by atoms with Crippen molar-refractivity contribution in [1.29, 1.82) is 0 Å². The number of piperidine rings is 4. The molecule has 5 heterocycles. The molecule has 14 heteroatoms. The molecule has 10 nitrogen and oxygen atoms in total. The van der Waals surface area contributed by atoms with Gasteiger partial charge >= 0.3 is 0 Å². The molecule has 0 radical (unpaired) electrons. The number of sulfonamides is 2. The molecule has 4 saturated heterocycles. The summed E-state index contributed by atoms with van der Waals surface area (Å²) in [5.41, 5.74) is 0. The maximum absolute atomic E-state index is 12.8. The molecule has 0 bridgehead atoms. The molecule has 0 N–H and O–H groups in total. The van der Waals surface area contributed by atoms with E-state index in [-0.39, 0.29) is 4.90 Å². The first-order valence-electron chi connectivity index (χ1n) is 18.5. The van der Waals surface area contributed by atoms with Crippen LogP contribution in [0.25, 0.3) is 0 Å². The molecular weight excluding hydrogens is 697 g/mol. The van der Waals surface area contributed by atoms with Gasteiger partial charge in [-0.25, -0.2) is 16.8 Å². The van der Waals surface area contributed by atoms with Crippen LogP contribution in [-0.2, 0) is 20.0 Å². The van der Waals surface area contributed by atoms with Gasteiger partial charge in [-0.05, 0) is 126 Å². The first-order valence-corrected chi connectivity index (χ1v) is 22.0. The molecule has 4 aliphatic heterocycles. The topological polar surface area (TPSA) is 103 Å². The molecule has 282 valence electrons. The van der Waals surface area contributed by atoms with E-state index in [9.17, 15) is 21.2 Å². The Kier molecular flexibility index (Phi) is 15.9. The van der Waals surface area contributed by atoms with E-state index in [0.717, 1.165) is 50.6 Å². The third kappa shape index (κ3) is 11.1. The van der Waals surface area contributed by atoms with Crippen LogP contribution in [-0.4, -0.2) is 111 Å². The van der Waals surface area contributed by atoms with E-state index in [2.05, 4.69) is 28.6 Å². The highest BCUT2D eigenvalue weighted by molar-refractivity contribution is 7.89. The minimum Gasteiger partial charge on any atom is -0.457 e. The molecule has 0 amide bonds. The van der Waals surface area contributed by atoms with Gasteiger partial charge in [0, 0.05) is 50.7 Å². The van der Waals surface area contributed by atoms with Gasteiger partial charge in [0.2, 0.25) is 26.1 Å². The molecule has 1 aromatic carbocycles. The van der Waals surface area contributed by atoms with Crippen LogP contribution in [0.2, 0.25) is 0 Å². The van der Waals surface area contributed by atoms with Crippen molar-refractivity contribution in [3.63, 3.8) is 0 Å². The molecule has 2 atom stereocenters. The lowest BCUT2D eigenvalue weighted by Gasteiger charge is -2.41. The van der Waals surface area contributed by atoms with Gasteiger partial charge in [-0.1, -0.05) is 36.9 Å². The minimum atomic E-state index is -3.51. The fourth-order valence-corrected chi connectivity index (χ4v) is 10.4. The molecule has 6 rings (SSSR count). The summed E-state index contributed by atoms with van der Waals surface area (Å²) in [6, 6.07) is 10.3. The van der Waals surface area contributed by atoms with Crippen LogP contribution in [0.1, 0.15) is 79.1 Å². The van der Waals surface area contributed by atoms with E-state index in [1.165, 1.54) is 69.2 Å². The fourth-order valence-electron chi connectivity index (χ4n) is 7.30. The number of hydrogen-bond acceptors (Lipinski definition) is 8. The monoisotopic (exact) mass is 755 g/mol. The Bertz CT molecular complexity index is 1490. The normalized spacial score (nSPS) is 22.5. The van der Waals surface area contributed by atoms with E-state index in [4.69, 9.17) is 4.74 Å². The Hall–Kier alpha value is -1.73. The van der Waals surface area contributed by atoms with Crippen LogP contribution in [0.5, 0.6) is 5.75 Å². The van der Waals surface area contributed by atoms with Gasteiger partial charge in [-0.15, -0.1) is 0 Å². The number of halogens is 1. The summed E-state index contributed by atoms with van der Waals surface area (Å²) in [5.74, 6) is 1.95. The van der Waals surface area contributed by atoms with Crippen molar-refractivity contribution in [3.8, 4) is 5.75 Å². The Morgan fingerprint density at radius 3 is 1.48 bits per heavy atom. The van der Waals surface area contributed by atoms with Crippen molar-refractivity contribution in [3.05, 3.63) is 48.8 Å². The zero-order valence-corrected chi connectivity index (χ0v) is 33.2. The SMILES string of the molecule is CC.CC1CCN(C2CCN(S(=O)(=O)c3ccc(OC(F)P)cc3)CC2)CC1.CC1CCN(C2CCN(S(=O)(=O)c3cccnc3)CC2)CC1. The minimum absolute atomic E-state index is 0.231. The number of aromatic nitrogens is 1. The number of nitrogens with zero attached hydrogens (tertiary/aromatic N) is 5. The number of rotatable bonds is 8. The summed E-state index contributed by atoms with van der Waals surface area (Å²) in [6.07, 6.45) is 10.2. The number of hydrogen-bond donors (Lipinski definition) is 0. The van der Waals surface area contributed by atoms with Crippen LogP contribution >= 0.6 is 9.24 Å². The van der Waals surface area contributed by atoms with Crippen molar-refractivity contribution >= 4 is 29.3 Å². The molecule has 4 fully saturated rings. The molecule has 0 aliphatic carbocycles. The molecule has 4 aliphatic rings. The summed E-state index contributed by atoms with van der Waals surface area (Å²) in [4.78, 5) is 9.56. The quantitative estimate of drug-likeness (QED) is 0.300. The predicted octanol–water partition coefficient (Wildman–Crippen LogP) is 6.07. The maximum Gasteiger partial charge on any atom is 0.249 e. The smallest absolute Gasteiger partial charge is 0.249 e. The lowest BCUT2D eigenvalue weighted by atomic mass is 9.95. The third-order valence-electron chi connectivity index (χ3n) is 10.5. The first kappa shape index (κ1) is 41.0. The average Bonchev–Trinajstić information content (AvgIpc) is 3.14. The van der Waals surface area contributed by atoms with Crippen molar-refractivity contribution in [1.82, 2.24) is 23.4 Å². The van der Waals surface area contributed by atoms with Gasteiger partial charge in [0.05, 0.1) is 4.90 Å². The van der Waals surface area contributed by atoms with E-state index in [1.807, 2.05) is 23.1 Å². The molecule has 0 spiro atoms. The average molecular weight is 756 g/mol. The molecule has 1 aromatic heterocycles.